The molecule has 84 valence electrons. The molecule has 1 aromatic rings. The van der Waals surface area contributed by atoms with Crippen LogP contribution in [0, 0.1) is 0 Å². The molecular formula is C11H19N3O. The van der Waals surface area contributed by atoms with Gasteiger partial charge >= 0.3 is 0 Å². The Labute approximate surface area is 90.3 Å². The van der Waals surface area contributed by atoms with E-state index >= 15 is 0 Å². The Balaban J connectivity index is 1.97. The van der Waals surface area contributed by atoms with Crippen LogP contribution >= 0.6 is 0 Å². The highest BCUT2D eigenvalue weighted by Gasteiger charge is 2.15. The van der Waals surface area contributed by atoms with Crippen molar-refractivity contribution in [2.75, 3.05) is 6.54 Å². The summed E-state index contributed by atoms with van der Waals surface area (Å²) in [6.07, 6.45) is 4.83. The maximum Gasteiger partial charge on any atom is 0.0849 e. The minimum atomic E-state index is 0.0710. The highest BCUT2D eigenvalue weighted by molar-refractivity contribution is 5.10. The van der Waals surface area contributed by atoms with Crippen molar-refractivity contribution >= 4 is 0 Å². The van der Waals surface area contributed by atoms with E-state index in [1.54, 1.807) is 4.68 Å². The number of hydrogen-bond donors (Lipinski definition) is 2. The first-order valence-electron chi connectivity index (χ1n) is 5.65. The van der Waals surface area contributed by atoms with Crippen LogP contribution in [0.4, 0.5) is 0 Å². The molecule has 0 spiro atoms. The van der Waals surface area contributed by atoms with Gasteiger partial charge in [0.15, 0.2) is 0 Å². The average Bonchev–Trinajstić information content (AvgIpc) is 2.60. The molecule has 2 rings (SSSR count). The monoisotopic (exact) mass is 209 g/mol. The van der Waals surface area contributed by atoms with Gasteiger partial charge in [-0.15, -0.1) is 0 Å². The Morgan fingerprint density at radius 2 is 2.47 bits per heavy atom. The van der Waals surface area contributed by atoms with Gasteiger partial charge in [-0.2, -0.15) is 5.10 Å². The third-order valence-electron chi connectivity index (χ3n) is 3.06. The van der Waals surface area contributed by atoms with Crippen molar-refractivity contribution in [2.24, 2.45) is 7.05 Å². The van der Waals surface area contributed by atoms with Gasteiger partial charge in [0.2, 0.25) is 0 Å². The van der Waals surface area contributed by atoms with Gasteiger partial charge in [0, 0.05) is 19.5 Å². The van der Waals surface area contributed by atoms with E-state index in [4.69, 9.17) is 5.11 Å². The second-order valence-corrected chi connectivity index (χ2v) is 4.26. The lowest BCUT2D eigenvalue weighted by Gasteiger charge is -2.22. The van der Waals surface area contributed by atoms with E-state index in [9.17, 15) is 0 Å². The molecule has 2 heterocycles. The summed E-state index contributed by atoms with van der Waals surface area (Å²) in [7, 11) is 1.88. The van der Waals surface area contributed by atoms with Crippen molar-refractivity contribution in [3.05, 3.63) is 17.5 Å². The Morgan fingerprint density at radius 1 is 1.60 bits per heavy atom. The van der Waals surface area contributed by atoms with Gasteiger partial charge < -0.3 is 10.4 Å². The highest BCUT2D eigenvalue weighted by Crippen LogP contribution is 2.12. The minimum absolute atomic E-state index is 0.0710. The van der Waals surface area contributed by atoms with E-state index in [1.165, 1.54) is 19.3 Å². The zero-order valence-corrected chi connectivity index (χ0v) is 9.24. The number of aryl methyl sites for hydroxylation is 1. The zero-order valence-electron chi connectivity index (χ0n) is 9.24. The zero-order chi connectivity index (χ0) is 10.7. The van der Waals surface area contributed by atoms with E-state index < -0.39 is 0 Å². The topological polar surface area (TPSA) is 50.1 Å². The summed E-state index contributed by atoms with van der Waals surface area (Å²) in [4.78, 5) is 0. The minimum Gasteiger partial charge on any atom is -0.390 e. The van der Waals surface area contributed by atoms with E-state index in [-0.39, 0.29) is 6.61 Å². The van der Waals surface area contributed by atoms with Crippen LogP contribution in [0.2, 0.25) is 0 Å². The molecular weight excluding hydrogens is 190 g/mol. The molecule has 1 unspecified atom stereocenters. The SMILES string of the molecule is Cn1nc(CC2CCCCN2)cc1CO. The van der Waals surface area contributed by atoms with Crippen LogP contribution in [-0.4, -0.2) is 27.5 Å². The second-order valence-electron chi connectivity index (χ2n) is 4.26. The largest absolute Gasteiger partial charge is 0.390 e. The van der Waals surface area contributed by atoms with E-state index in [2.05, 4.69) is 10.4 Å². The summed E-state index contributed by atoms with van der Waals surface area (Å²) in [5.74, 6) is 0. The molecule has 0 radical (unpaired) electrons. The molecule has 1 aromatic heterocycles. The third kappa shape index (κ3) is 2.58. The van der Waals surface area contributed by atoms with Crippen LogP contribution in [0.3, 0.4) is 0 Å². The fourth-order valence-corrected chi connectivity index (χ4v) is 2.17. The molecule has 0 amide bonds. The van der Waals surface area contributed by atoms with Gasteiger partial charge in [-0.05, 0) is 25.5 Å². The fraction of sp³-hybridized carbons (Fsp3) is 0.727. The summed E-state index contributed by atoms with van der Waals surface area (Å²) in [5, 5.41) is 17.0. The number of aromatic nitrogens is 2. The lowest BCUT2D eigenvalue weighted by molar-refractivity contribution is 0.270. The number of aliphatic hydroxyl groups excluding tert-OH is 1. The highest BCUT2D eigenvalue weighted by atomic mass is 16.3. The first kappa shape index (κ1) is 10.6. The van der Waals surface area contributed by atoms with E-state index in [0.29, 0.717) is 6.04 Å². The van der Waals surface area contributed by atoms with Crippen molar-refractivity contribution in [1.29, 1.82) is 0 Å². The molecule has 0 aliphatic carbocycles. The number of piperidine rings is 1. The standard InChI is InChI=1S/C11H19N3O/c1-14-11(8-15)7-10(13-14)6-9-4-2-3-5-12-9/h7,9,12,15H,2-6,8H2,1H3. The van der Waals surface area contributed by atoms with Crippen molar-refractivity contribution < 1.29 is 5.11 Å². The van der Waals surface area contributed by atoms with Crippen LogP contribution in [0.25, 0.3) is 0 Å². The van der Waals surface area contributed by atoms with Gasteiger partial charge in [-0.3, -0.25) is 4.68 Å². The molecule has 0 saturated carbocycles. The normalized spacial score (nSPS) is 21.9. The smallest absolute Gasteiger partial charge is 0.0849 e. The van der Waals surface area contributed by atoms with Gasteiger partial charge in [-0.1, -0.05) is 6.42 Å². The summed E-state index contributed by atoms with van der Waals surface area (Å²) >= 11 is 0. The number of hydrogen-bond acceptors (Lipinski definition) is 3. The van der Waals surface area contributed by atoms with Crippen molar-refractivity contribution in [3.8, 4) is 0 Å². The predicted molar refractivity (Wildman–Crippen MR) is 58.5 cm³/mol. The number of aliphatic hydroxyl groups is 1. The third-order valence-corrected chi connectivity index (χ3v) is 3.06. The molecule has 1 fully saturated rings. The van der Waals surface area contributed by atoms with Gasteiger partial charge in [0.25, 0.3) is 0 Å². The molecule has 0 bridgehead atoms. The maximum absolute atomic E-state index is 9.06. The average molecular weight is 209 g/mol. The first-order valence-corrected chi connectivity index (χ1v) is 5.65. The van der Waals surface area contributed by atoms with Crippen LogP contribution in [0.15, 0.2) is 6.07 Å². The quantitative estimate of drug-likeness (QED) is 0.766. The summed E-state index contributed by atoms with van der Waals surface area (Å²) in [6.45, 7) is 1.20. The summed E-state index contributed by atoms with van der Waals surface area (Å²) in [5.41, 5.74) is 1.97. The molecule has 4 heteroatoms. The number of nitrogens with zero attached hydrogens (tertiary/aromatic N) is 2. The van der Waals surface area contributed by atoms with Gasteiger partial charge in [-0.25, -0.2) is 0 Å². The molecule has 4 nitrogen and oxygen atoms in total. The predicted octanol–water partition coefficient (Wildman–Crippen LogP) is 0.597. The van der Waals surface area contributed by atoms with Crippen LogP contribution in [0.5, 0.6) is 0 Å². The lowest BCUT2D eigenvalue weighted by Crippen LogP contribution is -2.35. The number of nitrogens with one attached hydrogen (secondary N) is 1. The van der Waals surface area contributed by atoms with E-state index in [0.717, 1.165) is 24.4 Å². The molecule has 1 aliphatic heterocycles. The number of rotatable bonds is 3. The Bertz CT molecular complexity index is 316. The summed E-state index contributed by atoms with van der Waals surface area (Å²) in [6, 6.07) is 2.57. The molecule has 1 saturated heterocycles. The maximum atomic E-state index is 9.06. The molecule has 0 aromatic carbocycles. The van der Waals surface area contributed by atoms with Gasteiger partial charge in [0.05, 0.1) is 18.0 Å². The van der Waals surface area contributed by atoms with Crippen molar-refractivity contribution in [3.63, 3.8) is 0 Å². The molecule has 1 atom stereocenters. The van der Waals surface area contributed by atoms with Crippen LogP contribution < -0.4 is 5.32 Å². The van der Waals surface area contributed by atoms with E-state index in [1.807, 2.05) is 13.1 Å². The first-order chi connectivity index (χ1) is 7.29. The van der Waals surface area contributed by atoms with Crippen molar-refractivity contribution in [1.82, 2.24) is 15.1 Å². The van der Waals surface area contributed by atoms with Crippen LogP contribution in [0.1, 0.15) is 30.7 Å². The van der Waals surface area contributed by atoms with Crippen molar-refractivity contribution in [2.45, 2.75) is 38.3 Å². The Morgan fingerprint density at radius 3 is 3.07 bits per heavy atom. The van der Waals surface area contributed by atoms with Crippen LogP contribution in [-0.2, 0) is 20.1 Å². The molecule has 15 heavy (non-hydrogen) atoms. The lowest BCUT2D eigenvalue weighted by atomic mass is 10.0. The molecule has 2 N–H and O–H groups in total. The Hall–Kier alpha value is -0.870. The second kappa shape index (κ2) is 4.77. The molecule has 1 aliphatic rings. The fourth-order valence-electron chi connectivity index (χ4n) is 2.17. The Kier molecular flexibility index (Phi) is 3.38. The summed E-state index contributed by atoms with van der Waals surface area (Å²) < 4.78 is 1.76. The van der Waals surface area contributed by atoms with Gasteiger partial charge in [0.1, 0.15) is 0 Å².